The summed E-state index contributed by atoms with van der Waals surface area (Å²) in [6.07, 6.45) is -1.06. The number of carbonyl (C=O) groups excluding carboxylic acids is 1. The zero-order valence-electron chi connectivity index (χ0n) is 12.4. The number of nitrogens with zero attached hydrogens (tertiary/aromatic N) is 2. The lowest BCUT2D eigenvalue weighted by molar-refractivity contribution is -0.137. The summed E-state index contributed by atoms with van der Waals surface area (Å²) >= 11 is 0. The third kappa shape index (κ3) is 4.56. The molecule has 0 aliphatic rings. The van der Waals surface area contributed by atoms with Crippen LogP contribution in [0.1, 0.15) is 22.5 Å². The van der Waals surface area contributed by atoms with Gasteiger partial charge in [0.25, 0.3) is 5.91 Å². The topological polar surface area (TPSA) is 56.1 Å². The minimum atomic E-state index is -4.42. The molecule has 1 heterocycles. The van der Waals surface area contributed by atoms with E-state index in [0.717, 1.165) is 12.1 Å². The number of ether oxygens (including phenoxy) is 1. The molecule has 0 unspecified atom stereocenters. The van der Waals surface area contributed by atoms with E-state index in [4.69, 9.17) is 4.74 Å². The molecule has 0 fully saturated rings. The molecule has 1 aromatic heterocycles. The highest BCUT2D eigenvalue weighted by atomic mass is 19.4. The van der Waals surface area contributed by atoms with Crippen molar-refractivity contribution in [2.75, 3.05) is 20.3 Å². The maximum absolute atomic E-state index is 12.7. The van der Waals surface area contributed by atoms with Crippen LogP contribution in [0.25, 0.3) is 5.69 Å². The van der Waals surface area contributed by atoms with Crippen molar-refractivity contribution in [2.45, 2.75) is 12.6 Å². The van der Waals surface area contributed by atoms with E-state index in [1.807, 2.05) is 0 Å². The number of imidazole rings is 1. The molecule has 1 aromatic carbocycles. The second-order valence-electron chi connectivity index (χ2n) is 4.82. The standard InChI is InChI=1S/C15H16F3N3O2/c1-23-7-3-6-19-14(22)13-9-21(10-20-13)12-5-2-4-11(8-12)15(16,17)18/h2,4-5,8-10H,3,6-7H2,1H3,(H,19,22). The Balaban J connectivity index is 2.09. The van der Waals surface area contributed by atoms with Gasteiger partial charge >= 0.3 is 6.18 Å². The van der Waals surface area contributed by atoms with Crippen molar-refractivity contribution in [2.24, 2.45) is 0 Å². The molecular formula is C15H16F3N3O2. The number of nitrogens with one attached hydrogen (secondary N) is 1. The van der Waals surface area contributed by atoms with Crippen LogP contribution in [0.5, 0.6) is 0 Å². The first kappa shape index (κ1) is 17.0. The molecule has 0 saturated heterocycles. The van der Waals surface area contributed by atoms with E-state index in [1.54, 1.807) is 7.11 Å². The molecule has 0 bridgehead atoms. The zero-order chi connectivity index (χ0) is 16.9. The number of aromatic nitrogens is 2. The van der Waals surface area contributed by atoms with Gasteiger partial charge in [0, 0.05) is 32.1 Å². The monoisotopic (exact) mass is 327 g/mol. The Morgan fingerprint density at radius 1 is 1.39 bits per heavy atom. The number of halogens is 3. The Morgan fingerprint density at radius 2 is 2.17 bits per heavy atom. The summed E-state index contributed by atoms with van der Waals surface area (Å²) in [6.45, 7) is 0.960. The zero-order valence-corrected chi connectivity index (χ0v) is 12.4. The van der Waals surface area contributed by atoms with Crippen LogP contribution in [-0.4, -0.2) is 35.7 Å². The van der Waals surface area contributed by atoms with Gasteiger partial charge in [0.2, 0.25) is 0 Å². The predicted octanol–water partition coefficient (Wildman–Crippen LogP) is 2.66. The Hall–Kier alpha value is -2.35. The molecule has 124 valence electrons. The molecule has 0 radical (unpaired) electrons. The fraction of sp³-hybridized carbons (Fsp3) is 0.333. The van der Waals surface area contributed by atoms with Gasteiger partial charge in [-0.2, -0.15) is 13.2 Å². The minimum absolute atomic E-state index is 0.139. The summed E-state index contributed by atoms with van der Waals surface area (Å²) in [5, 5.41) is 2.66. The average molecular weight is 327 g/mol. The average Bonchev–Trinajstić information content (AvgIpc) is 3.01. The van der Waals surface area contributed by atoms with Crippen molar-refractivity contribution in [1.29, 1.82) is 0 Å². The predicted molar refractivity (Wildman–Crippen MR) is 77.4 cm³/mol. The van der Waals surface area contributed by atoms with E-state index < -0.39 is 11.7 Å². The first-order valence-electron chi connectivity index (χ1n) is 6.90. The van der Waals surface area contributed by atoms with Crippen LogP contribution in [0.4, 0.5) is 13.2 Å². The lowest BCUT2D eigenvalue weighted by Gasteiger charge is -2.08. The van der Waals surface area contributed by atoms with Gasteiger partial charge in [-0.05, 0) is 24.6 Å². The fourth-order valence-electron chi connectivity index (χ4n) is 1.93. The van der Waals surface area contributed by atoms with E-state index in [0.29, 0.717) is 19.6 Å². The largest absolute Gasteiger partial charge is 0.416 e. The molecule has 0 saturated carbocycles. The Morgan fingerprint density at radius 3 is 2.87 bits per heavy atom. The van der Waals surface area contributed by atoms with Gasteiger partial charge in [-0.25, -0.2) is 4.98 Å². The molecular weight excluding hydrogens is 311 g/mol. The van der Waals surface area contributed by atoms with Crippen LogP contribution in [0.2, 0.25) is 0 Å². The summed E-state index contributed by atoms with van der Waals surface area (Å²) in [4.78, 5) is 15.8. The molecule has 8 heteroatoms. The number of hydrogen-bond donors (Lipinski definition) is 1. The number of amides is 1. The maximum atomic E-state index is 12.7. The second kappa shape index (κ2) is 7.28. The number of benzene rings is 1. The molecule has 0 aliphatic carbocycles. The van der Waals surface area contributed by atoms with E-state index in [9.17, 15) is 18.0 Å². The van der Waals surface area contributed by atoms with E-state index in [-0.39, 0.29) is 17.3 Å². The molecule has 1 amide bonds. The highest BCUT2D eigenvalue weighted by Crippen LogP contribution is 2.30. The van der Waals surface area contributed by atoms with Gasteiger partial charge < -0.3 is 14.6 Å². The smallest absolute Gasteiger partial charge is 0.385 e. The first-order valence-corrected chi connectivity index (χ1v) is 6.90. The first-order chi connectivity index (χ1) is 10.9. The number of carbonyl (C=O) groups is 1. The van der Waals surface area contributed by atoms with E-state index in [1.165, 1.54) is 29.2 Å². The van der Waals surface area contributed by atoms with Crippen molar-refractivity contribution in [1.82, 2.24) is 14.9 Å². The van der Waals surface area contributed by atoms with Gasteiger partial charge in [0.15, 0.2) is 0 Å². The van der Waals surface area contributed by atoms with Crippen molar-refractivity contribution in [3.05, 3.63) is 48.0 Å². The summed E-state index contributed by atoms with van der Waals surface area (Å²) < 4.78 is 44.4. The quantitative estimate of drug-likeness (QED) is 0.830. The maximum Gasteiger partial charge on any atom is 0.416 e. The number of hydrogen-bond acceptors (Lipinski definition) is 3. The van der Waals surface area contributed by atoms with Crippen LogP contribution in [0.15, 0.2) is 36.8 Å². The number of alkyl halides is 3. The Bertz CT molecular complexity index is 668. The summed E-state index contributed by atoms with van der Waals surface area (Å²) in [5.74, 6) is -0.383. The van der Waals surface area contributed by atoms with Crippen LogP contribution < -0.4 is 5.32 Å². The van der Waals surface area contributed by atoms with Gasteiger partial charge in [-0.1, -0.05) is 6.07 Å². The number of methoxy groups -OCH3 is 1. The number of rotatable bonds is 6. The molecule has 2 rings (SSSR count). The summed E-state index contributed by atoms with van der Waals surface area (Å²) in [7, 11) is 1.57. The Labute approximate surface area is 131 Å². The fourth-order valence-corrected chi connectivity index (χ4v) is 1.93. The molecule has 23 heavy (non-hydrogen) atoms. The van der Waals surface area contributed by atoms with Gasteiger partial charge in [-0.15, -0.1) is 0 Å². The van der Waals surface area contributed by atoms with Crippen LogP contribution in [-0.2, 0) is 10.9 Å². The Kier molecular flexibility index (Phi) is 5.38. The van der Waals surface area contributed by atoms with Crippen LogP contribution >= 0.6 is 0 Å². The summed E-state index contributed by atoms with van der Waals surface area (Å²) in [6, 6.07) is 4.81. The lowest BCUT2D eigenvalue weighted by Crippen LogP contribution is -2.25. The van der Waals surface area contributed by atoms with Gasteiger partial charge in [0.05, 0.1) is 5.56 Å². The van der Waals surface area contributed by atoms with Crippen LogP contribution in [0.3, 0.4) is 0 Å². The molecule has 0 spiro atoms. The molecule has 1 N–H and O–H groups in total. The van der Waals surface area contributed by atoms with Gasteiger partial charge in [-0.3, -0.25) is 4.79 Å². The van der Waals surface area contributed by atoms with Crippen LogP contribution in [0, 0.1) is 0 Å². The third-order valence-corrected chi connectivity index (χ3v) is 3.10. The molecule has 5 nitrogen and oxygen atoms in total. The minimum Gasteiger partial charge on any atom is -0.385 e. The van der Waals surface area contributed by atoms with E-state index in [2.05, 4.69) is 10.3 Å². The third-order valence-electron chi connectivity index (χ3n) is 3.10. The highest BCUT2D eigenvalue weighted by molar-refractivity contribution is 5.92. The summed E-state index contributed by atoms with van der Waals surface area (Å²) in [5.41, 5.74) is -0.333. The van der Waals surface area contributed by atoms with Crippen molar-refractivity contribution in [3.8, 4) is 5.69 Å². The molecule has 0 atom stereocenters. The van der Waals surface area contributed by atoms with Crippen molar-refractivity contribution < 1.29 is 22.7 Å². The van der Waals surface area contributed by atoms with E-state index >= 15 is 0 Å². The SMILES string of the molecule is COCCCNC(=O)c1cn(-c2cccc(C(F)(F)F)c2)cn1. The van der Waals surface area contributed by atoms with Crippen molar-refractivity contribution in [3.63, 3.8) is 0 Å². The molecule has 2 aromatic rings. The molecule has 0 aliphatic heterocycles. The van der Waals surface area contributed by atoms with Crippen molar-refractivity contribution >= 4 is 5.91 Å². The highest BCUT2D eigenvalue weighted by Gasteiger charge is 2.30. The second-order valence-corrected chi connectivity index (χ2v) is 4.82. The van der Waals surface area contributed by atoms with Gasteiger partial charge in [0.1, 0.15) is 12.0 Å². The lowest BCUT2D eigenvalue weighted by atomic mass is 10.2. The normalized spacial score (nSPS) is 11.5.